The molecule has 0 aliphatic carbocycles. The number of hydrogen-bond donors (Lipinski definition) is 2. The van der Waals surface area contributed by atoms with Gasteiger partial charge in [0.2, 0.25) is 5.91 Å². The molecule has 23 heavy (non-hydrogen) atoms. The number of H-pyrrole nitrogens is 1. The number of anilines is 2. The van der Waals surface area contributed by atoms with E-state index in [4.69, 9.17) is 11.6 Å². The molecule has 0 fully saturated rings. The summed E-state index contributed by atoms with van der Waals surface area (Å²) in [4.78, 5) is 25.5. The third-order valence-electron chi connectivity index (χ3n) is 3.87. The van der Waals surface area contributed by atoms with Gasteiger partial charge in [0.05, 0.1) is 11.9 Å². The molecule has 1 aliphatic heterocycles. The Morgan fingerprint density at radius 1 is 1.39 bits per heavy atom. The summed E-state index contributed by atoms with van der Waals surface area (Å²) in [6.07, 6.45) is 3.46. The molecule has 3 rings (SSSR count). The van der Waals surface area contributed by atoms with Crippen LogP contribution in [0.25, 0.3) is 0 Å². The zero-order valence-electron chi connectivity index (χ0n) is 12.5. The molecule has 0 atom stereocenters. The van der Waals surface area contributed by atoms with Crippen molar-refractivity contribution in [2.45, 2.75) is 19.3 Å². The van der Waals surface area contributed by atoms with Gasteiger partial charge >= 0.3 is 0 Å². The Labute approximate surface area is 138 Å². The van der Waals surface area contributed by atoms with Crippen LogP contribution in [0.4, 0.5) is 11.4 Å². The molecule has 0 saturated heterocycles. The number of nitrogens with one attached hydrogen (secondary N) is 2. The maximum absolute atomic E-state index is 12.3. The molecule has 0 radical (unpaired) electrons. The zero-order chi connectivity index (χ0) is 16.2. The minimum atomic E-state index is -0.429. The van der Waals surface area contributed by atoms with Crippen LogP contribution in [0.2, 0.25) is 5.02 Å². The Bertz CT molecular complexity index is 775. The summed E-state index contributed by atoms with van der Waals surface area (Å²) in [5, 5.41) is 9.06. The van der Waals surface area contributed by atoms with Crippen molar-refractivity contribution < 1.29 is 4.79 Å². The highest BCUT2D eigenvalue weighted by Crippen LogP contribution is 2.28. The van der Waals surface area contributed by atoms with E-state index in [-0.39, 0.29) is 10.9 Å². The van der Waals surface area contributed by atoms with Crippen LogP contribution in [0.3, 0.4) is 0 Å². The van der Waals surface area contributed by atoms with E-state index in [1.54, 1.807) is 0 Å². The molecule has 0 bridgehead atoms. The van der Waals surface area contributed by atoms with E-state index < -0.39 is 5.56 Å². The lowest BCUT2D eigenvalue weighted by Crippen LogP contribution is -2.29. The number of rotatable bonds is 5. The molecule has 0 unspecified atom stereocenters. The predicted octanol–water partition coefficient (Wildman–Crippen LogP) is 2.20. The number of aromatic amines is 1. The van der Waals surface area contributed by atoms with E-state index in [1.165, 1.54) is 11.8 Å². The van der Waals surface area contributed by atoms with Crippen molar-refractivity contribution in [2.75, 3.05) is 23.3 Å². The molecular weight excluding hydrogens is 316 g/mol. The Hall–Kier alpha value is -2.34. The lowest BCUT2D eigenvalue weighted by molar-refractivity contribution is -0.118. The molecule has 120 valence electrons. The average molecular weight is 333 g/mol. The maximum atomic E-state index is 12.3. The predicted molar refractivity (Wildman–Crippen MR) is 90.1 cm³/mol. The Kier molecular flexibility index (Phi) is 4.62. The number of para-hydroxylation sites is 1. The highest BCUT2D eigenvalue weighted by molar-refractivity contribution is 6.32. The average Bonchev–Trinajstić information content (AvgIpc) is 2.99. The van der Waals surface area contributed by atoms with Gasteiger partial charge in [-0.15, -0.1) is 0 Å². The molecule has 7 heteroatoms. The minimum absolute atomic E-state index is 0.0831. The quantitative estimate of drug-likeness (QED) is 0.823. The standard InChI is InChI=1S/C16H17ClN4O2/c17-15-12(10-19-20-16(15)23)18-8-3-6-14(22)21-9-7-11-4-1-2-5-13(11)21/h1-2,4-5,10H,3,6-9H2,(H2,18,20,23). The molecule has 0 spiro atoms. The van der Waals surface area contributed by atoms with E-state index in [9.17, 15) is 9.59 Å². The van der Waals surface area contributed by atoms with Gasteiger partial charge in [-0.3, -0.25) is 9.59 Å². The van der Waals surface area contributed by atoms with Gasteiger partial charge in [0.25, 0.3) is 5.56 Å². The fourth-order valence-electron chi connectivity index (χ4n) is 2.70. The molecule has 2 aromatic rings. The number of halogens is 1. The van der Waals surface area contributed by atoms with Crippen LogP contribution < -0.4 is 15.8 Å². The van der Waals surface area contributed by atoms with Gasteiger partial charge in [-0.2, -0.15) is 5.10 Å². The summed E-state index contributed by atoms with van der Waals surface area (Å²) in [6.45, 7) is 1.29. The van der Waals surface area contributed by atoms with Crippen molar-refractivity contribution in [3.63, 3.8) is 0 Å². The number of amides is 1. The summed E-state index contributed by atoms with van der Waals surface area (Å²) < 4.78 is 0. The third-order valence-corrected chi connectivity index (χ3v) is 4.24. The normalized spacial score (nSPS) is 13.0. The van der Waals surface area contributed by atoms with Crippen molar-refractivity contribution >= 4 is 28.9 Å². The fourth-order valence-corrected chi connectivity index (χ4v) is 2.86. The molecule has 6 nitrogen and oxygen atoms in total. The fraction of sp³-hybridized carbons (Fsp3) is 0.312. The number of carbonyl (C=O) groups excluding carboxylic acids is 1. The first-order valence-electron chi connectivity index (χ1n) is 7.52. The van der Waals surface area contributed by atoms with E-state index in [0.29, 0.717) is 25.1 Å². The van der Waals surface area contributed by atoms with Crippen molar-refractivity contribution in [3.05, 3.63) is 51.4 Å². The zero-order valence-corrected chi connectivity index (χ0v) is 13.3. The van der Waals surface area contributed by atoms with E-state index in [2.05, 4.69) is 21.6 Å². The van der Waals surface area contributed by atoms with Gasteiger partial charge < -0.3 is 10.2 Å². The number of hydrogen-bond acceptors (Lipinski definition) is 4. The van der Waals surface area contributed by atoms with Crippen LogP contribution in [-0.4, -0.2) is 29.2 Å². The van der Waals surface area contributed by atoms with Gasteiger partial charge in [-0.1, -0.05) is 29.8 Å². The first-order chi connectivity index (χ1) is 11.2. The molecule has 2 N–H and O–H groups in total. The second-order valence-electron chi connectivity index (χ2n) is 5.38. The second kappa shape index (κ2) is 6.83. The highest BCUT2D eigenvalue weighted by Gasteiger charge is 2.23. The van der Waals surface area contributed by atoms with Crippen LogP contribution in [0, 0.1) is 0 Å². The topological polar surface area (TPSA) is 78.1 Å². The van der Waals surface area contributed by atoms with Crippen molar-refractivity contribution in [2.24, 2.45) is 0 Å². The van der Waals surface area contributed by atoms with Gasteiger partial charge in [0.15, 0.2) is 0 Å². The summed E-state index contributed by atoms with van der Waals surface area (Å²) in [5.74, 6) is 0.117. The molecule has 1 aliphatic rings. The highest BCUT2D eigenvalue weighted by atomic mass is 35.5. The van der Waals surface area contributed by atoms with Gasteiger partial charge in [0.1, 0.15) is 5.02 Å². The number of aromatic nitrogens is 2. The van der Waals surface area contributed by atoms with Crippen molar-refractivity contribution in [1.82, 2.24) is 10.2 Å². The summed E-state index contributed by atoms with van der Waals surface area (Å²) in [7, 11) is 0. The monoisotopic (exact) mass is 332 g/mol. The van der Waals surface area contributed by atoms with Crippen LogP contribution in [-0.2, 0) is 11.2 Å². The lowest BCUT2D eigenvalue weighted by atomic mass is 10.2. The minimum Gasteiger partial charge on any atom is -0.382 e. The Morgan fingerprint density at radius 3 is 3.09 bits per heavy atom. The smallest absolute Gasteiger partial charge is 0.285 e. The summed E-state index contributed by atoms with van der Waals surface area (Å²) >= 11 is 5.87. The summed E-state index contributed by atoms with van der Waals surface area (Å²) in [6, 6.07) is 8.00. The Balaban J connectivity index is 1.51. The molecular formula is C16H17ClN4O2. The summed E-state index contributed by atoms with van der Waals surface area (Å²) in [5.41, 5.74) is 2.29. The second-order valence-corrected chi connectivity index (χ2v) is 5.76. The van der Waals surface area contributed by atoms with Crippen LogP contribution in [0.1, 0.15) is 18.4 Å². The van der Waals surface area contributed by atoms with E-state index >= 15 is 0 Å². The van der Waals surface area contributed by atoms with E-state index in [0.717, 1.165) is 18.7 Å². The molecule has 1 aromatic heterocycles. The number of nitrogens with zero attached hydrogens (tertiary/aromatic N) is 2. The third kappa shape index (κ3) is 3.37. The van der Waals surface area contributed by atoms with Gasteiger partial charge in [0, 0.05) is 25.2 Å². The first-order valence-corrected chi connectivity index (χ1v) is 7.90. The van der Waals surface area contributed by atoms with Crippen LogP contribution in [0.15, 0.2) is 35.3 Å². The van der Waals surface area contributed by atoms with E-state index in [1.807, 2.05) is 23.1 Å². The van der Waals surface area contributed by atoms with Gasteiger partial charge in [-0.05, 0) is 24.5 Å². The lowest BCUT2D eigenvalue weighted by Gasteiger charge is -2.17. The molecule has 2 heterocycles. The number of carbonyl (C=O) groups is 1. The van der Waals surface area contributed by atoms with Gasteiger partial charge in [-0.25, -0.2) is 5.10 Å². The largest absolute Gasteiger partial charge is 0.382 e. The molecule has 0 saturated carbocycles. The van der Waals surface area contributed by atoms with Crippen LogP contribution in [0.5, 0.6) is 0 Å². The molecule has 1 aromatic carbocycles. The molecule has 1 amide bonds. The SMILES string of the molecule is O=C(CCCNc1cn[nH]c(=O)c1Cl)N1CCc2ccccc21. The number of fused-ring (bicyclic) bond motifs is 1. The number of benzene rings is 1. The van der Waals surface area contributed by atoms with Crippen molar-refractivity contribution in [1.29, 1.82) is 0 Å². The first kappa shape index (κ1) is 15.6. The van der Waals surface area contributed by atoms with Crippen molar-refractivity contribution in [3.8, 4) is 0 Å². The maximum Gasteiger partial charge on any atom is 0.285 e. The van der Waals surface area contributed by atoms with Crippen LogP contribution >= 0.6 is 11.6 Å². The Morgan fingerprint density at radius 2 is 2.22 bits per heavy atom.